The topological polar surface area (TPSA) is 21.6 Å². The van der Waals surface area contributed by atoms with Gasteiger partial charge in [0.05, 0.1) is 12.3 Å². The van der Waals surface area contributed by atoms with Gasteiger partial charge in [0.1, 0.15) is 5.76 Å². The van der Waals surface area contributed by atoms with Crippen molar-refractivity contribution in [1.29, 1.82) is 0 Å². The second-order valence-electron chi connectivity index (χ2n) is 4.11. The third-order valence-corrected chi connectivity index (χ3v) is 2.84. The highest BCUT2D eigenvalue weighted by molar-refractivity contribution is 6.01. The van der Waals surface area contributed by atoms with Crippen molar-refractivity contribution in [2.75, 3.05) is 13.2 Å². The van der Waals surface area contributed by atoms with Crippen LogP contribution in [-0.2, 0) is 4.74 Å². The van der Waals surface area contributed by atoms with E-state index in [1.807, 2.05) is 0 Å². The Kier molecular flexibility index (Phi) is 2.38. The van der Waals surface area contributed by atoms with E-state index in [0.717, 1.165) is 31.8 Å². The van der Waals surface area contributed by atoms with Crippen LogP contribution in [0.2, 0.25) is 0 Å². The van der Waals surface area contributed by atoms with E-state index in [4.69, 9.17) is 4.74 Å². The number of aliphatic imine (C=N–C) groups is 1. The molecule has 2 heteroatoms. The van der Waals surface area contributed by atoms with Gasteiger partial charge in [0.15, 0.2) is 0 Å². The van der Waals surface area contributed by atoms with Gasteiger partial charge >= 0.3 is 0 Å². The van der Waals surface area contributed by atoms with Gasteiger partial charge in [0.25, 0.3) is 0 Å². The van der Waals surface area contributed by atoms with Crippen LogP contribution < -0.4 is 0 Å². The van der Waals surface area contributed by atoms with Crippen LogP contribution in [0.5, 0.6) is 0 Å². The standard InChI is InChI=1S/C11H17NO/c1-8(2)9-5-7-13-10-4-3-6-12-11(9)10/h4,8-9H,3,5-7H2,1-2H3. The number of hydrogen-bond acceptors (Lipinski definition) is 2. The summed E-state index contributed by atoms with van der Waals surface area (Å²) in [6.45, 7) is 6.36. The lowest BCUT2D eigenvalue weighted by molar-refractivity contribution is 0.179. The Hall–Kier alpha value is -0.790. The molecule has 2 aliphatic rings. The van der Waals surface area contributed by atoms with E-state index >= 15 is 0 Å². The van der Waals surface area contributed by atoms with Gasteiger partial charge in [-0.05, 0) is 24.8 Å². The summed E-state index contributed by atoms with van der Waals surface area (Å²) in [7, 11) is 0. The molecule has 0 aliphatic carbocycles. The average molecular weight is 179 g/mol. The lowest BCUT2D eigenvalue weighted by Gasteiger charge is -2.31. The van der Waals surface area contributed by atoms with E-state index in [-0.39, 0.29) is 0 Å². The zero-order chi connectivity index (χ0) is 9.26. The highest BCUT2D eigenvalue weighted by Crippen LogP contribution is 2.28. The molecule has 2 rings (SSSR count). The number of dihydropyridines is 1. The number of fused-ring (bicyclic) bond motifs is 1. The molecule has 13 heavy (non-hydrogen) atoms. The fourth-order valence-corrected chi connectivity index (χ4v) is 2.08. The van der Waals surface area contributed by atoms with E-state index in [1.165, 1.54) is 5.71 Å². The van der Waals surface area contributed by atoms with Gasteiger partial charge in [-0.2, -0.15) is 0 Å². The molecular weight excluding hydrogens is 162 g/mol. The van der Waals surface area contributed by atoms with E-state index in [2.05, 4.69) is 24.9 Å². The van der Waals surface area contributed by atoms with Gasteiger partial charge in [-0.25, -0.2) is 0 Å². The van der Waals surface area contributed by atoms with Crippen molar-refractivity contribution in [2.45, 2.75) is 26.7 Å². The molecule has 0 bridgehead atoms. The highest BCUT2D eigenvalue weighted by Gasteiger charge is 2.28. The van der Waals surface area contributed by atoms with Crippen LogP contribution in [-0.4, -0.2) is 18.9 Å². The van der Waals surface area contributed by atoms with Crippen LogP contribution in [0.4, 0.5) is 0 Å². The highest BCUT2D eigenvalue weighted by atomic mass is 16.5. The zero-order valence-corrected chi connectivity index (χ0v) is 8.42. The summed E-state index contributed by atoms with van der Waals surface area (Å²) in [6.07, 6.45) is 4.37. The Morgan fingerprint density at radius 2 is 2.38 bits per heavy atom. The lowest BCUT2D eigenvalue weighted by atomic mass is 9.85. The molecule has 0 spiro atoms. The summed E-state index contributed by atoms with van der Waals surface area (Å²) in [4.78, 5) is 4.58. The molecule has 1 fully saturated rings. The average Bonchev–Trinajstić information content (AvgIpc) is 2.17. The molecule has 1 saturated heterocycles. The van der Waals surface area contributed by atoms with Crippen LogP contribution in [0.1, 0.15) is 26.7 Å². The molecule has 0 aromatic carbocycles. The van der Waals surface area contributed by atoms with E-state index in [0.29, 0.717) is 11.8 Å². The largest absolute Gasteiger partial charge is 0.492 e. The predicted octanol–water partition coefficient (Wildman–Crippen LogP) is 2.41. The van der Waals surface area contributed by atoms with Gasteiger partial charge < -0.3 is 4.74 Å². The predicted molar refractivity (Wildman–Crippen MR) is 53.9 cm³/mol. The van der Waals surface area contributed by atoms with Crippen molar-refractivity contribution in [3.63, 3.8) is 0 Å². The minimum absolute atomic E-state index is 0.625. The Bertz CT molecular complexity index is 253. The maximum absolute atomic E-state index is 5.59. The van der Waals surface area contributed by atoms with Crippen LogP contribution in [0, 0.1) is 11.8 Å². The van der Waals surface area contributed by atoms with Crippen LogP contribution >= 0.6 is 0 Å². The molecule has 1 unspecified atom stereocenters. The van der Waals surface area contributed by atoms with Gasteiger partial charge in [0.2, 0.25) is 0 Å². The number of nitrogens with zero attached hydrogens (tertiary/aromatic N) is 1. The first-order valence-corrected chi connectivity index (χ1v) is 5.16. The second-order valence-corrected chi connectivity index (χ2v) is 4.11. The quantitative estimate of drug-likeness (QED) is 0.605. The summed E-state index contributed by atoms with van der Waals surface area (Å²) in [6, 6.07) is 0. The molecule has 0 saturated carbocycles. The van der Waals surface area contributed by atoms with Crippen LogP contribution in [0.15, 0.2) is 16.8 Å². The monoisotopic (exact) mass is 179 g/mol. The van der Waals surface area contributed by atoms with Crippen molar-refractivity contribution in [2.24, 2.45) is 16.8 Å². The SMILES string of the molecule is CC(C)C1CCOC2=CCCN=C21. The third kappa shape index (κ3) is 1.62. The number of allylic oxidation sites excluding steroid dienone is 1. The molecule has 0 amide bonds. The minimum atomic E-state index is 0.625. The van der Waals surface area contributed by atoms with Gasteiger partial charge in [0, 0.05) is 12.5 Å². The molecule has 0 aromatic heterocycles. The van der Waals surface area contributed by atoms with E-state index in [9.17, 15) is 0 Å². The fourth-order valence-electron chi connectivity index (χ4n) is 2.08. The summed E-state index contributed by atoms with van der Waals surface area (Å²) >= 11 is 0. The summed E-state index contributed by atoms with van der Waals surface area (Å²) in [5, 5.41) is 0. The Morgan fingerprint density at radius 3 is 3.15 bits per heavy atom. The molecule has 2 nitrogen and oxygen atoms in total. The Balaban J connectivity index is 2.21. The van der Waals surface area contributed by atoms with E-state index < -0.39 is 0 Å². The third-order valence-electron chi connectivity index (χ3n) is 2.84. The summed E-state index contributed by atoms with van der Waals surface area (Å²) < 4.78 is 5.59. The van der Waals surface area contributed by atoms with Crippen molar-refractivity contribution in [3.05, 3.63) is 11.8 Å². The van der Waals surface area contributed by atoms with Crippen molar-refractivity contribution >= 4 is 5.71 Å². The van der Waals surface area contributed by atoms with E-state index in [1.54, 1.807) is 0 Å². The normalized spacial score (nSPS) is 27.5. The van der Waals surface area contributed by atoms with Crippen LogP contribution in [0.3, 0.4) is 0 Å². The summed E-state index contributed by atoms with van der Waals surface area (Å²) in [5.74, 6) is 2.38. The zero-order valence-electron chi connectivity index (χ0n) is 8.42. The molecule has 72 valence electrons. The molecule has 2 heterocycles. The summed E-state index contributed by atoms with van der Waals surface area (Å²) in [5.41, 5.74) is 1.23. The molecule has 0 aromatic rings. The Morgan fingerprint density at radius 1 is 1.54 bits per heavy atom. The number of rotatable bonds is 1. The van der Waals surface area contributed by atoms with Gasteiger partial charge in [-0.1, -0.05) is 13.8 Å². The first kappa shape index (κ1) is 8.79. The first-order valence-electron chi connectivity index (χ1n) is 5.16. The van der Waals surface area contributed by atoms with Gasteiger partial charge in [-0.15, -0.1) is 0 Å². The molecular formula is C11H17NO. The maximum Gasteiger partial charge on any atom is 0.136 e. The Labute approximate surface area is 79.7 Å². The number of ether oxygens (including phenoxy) is 1. The smallest absolute Gasteiger partial charge is 0.136 e. The maximum atomic E-state index is 5.59. The van der Waals surface area contributed by atoms with Gasteiger partial charge in [-0.3, -0.25) is 4.99 Å². The molecule has 2 aliphatic heterocycles. The van der Waals surface area contributed by atoms with Crippen molar-refractivity contribution in [3.8, 4) is 0 Å². The van der Waals surface area contributed by atoms with Crippen molar-refractivity contribution < 1.29 is 4.74 Å². The fraction of sp³-hybridized carbons (Fsp3) is 0.727. The first-order chi connectivity index (χ1) is 6.29. The minimum Gasteiger partial charge on any atom is -0.492 e. The molecule has 0 radical (unpaired) electrons. The van der Waals surface area contributed by atoms with Crippen LogP contribution in [0.25, 0.3) is 0 Å². The molecule has 0 N–H and O–H groups in total. The molecule has 1 atom stereocenters. The lowest BCUT2D eigenvalue weighted by Crippen LogP contribution is -2.31. The number of hydrogen-bond donors (Lipinski definition) is 0. The second kappa shape index (κ2) is 3.52. The van der Waals surface area contributed by atoms with Crippen molar-refractivity contribution in [1.82, 2.24) is 0 Å².